The molecule has 0 bridgehead atoms. The lowest BCUT2D eigenvalue weighted by Gasteiger charge is -2.18. The molecule has 0 saturated carbocycles. The van der Waals surface area contributed by atoms with Crippen molar-refractivity contribution >= 4 is 17.9 Å². The molecule has 0 rings (SSSR count). The maximum absolute atomic E-state index is 12.8. The quantitative estimate of drug-likeness (QED) is 0.0344. The lowest BCUT2D eigenvalue weighted by atomic mass is 10.0. The number of rotatable bonds is 51. The standard InChI is InChI=1S/C56H108O6/c1-5-7-9-11-13-15-17-19-21-22-23-24-25-27-29-31-36-40-44-48-55(58)61-51-53(62-56(59)49-45-41-37-33-32-34-38-42-46-52(3)4)50-60-54(57)47-43-39-35-30-28-26-20-18-16-14-12-10-8-6-2/h52-53H,5-51H2,1-4H3/t53-/m1/s1. The van der Waals surface area contributed by atoms with E-state index in [9.17, 15) is 14.4 Å². The van der Waals surface area contributed by atoms with Crippen LogP contribution in [0.2, 0.25) is 0 Å². The zero-order valence-electron chi connectivity index (χ0n) is 42.3. The van der Waals surface area contributed by atoms with E-state index in [1.54, 1.807) is 0 Å². The van der Waals surface area contributed by atoms with Gasteiger partial charge in [-0.15, -0.1) is 0 Å². The maximum Gasteiger partial charge on any atom is 0.306 e. The van der Waals surface area contributed by atoms with E-state index in [1.165, 1.54) is 212 Å². The summed E-state index contributed by atoms with van der Waals surface area (Å²) in [6, 6.07) is 0. The Labute approximate surface area is 387 Å². The molecule has 0 aliphatic heterocycles. The third-order valence-electron chi connectivity index (χ3n) is 12.8. The number of ether oxygens (including phenoxy) is 3. The van der Waals surface area contributed by atoms with E-state index >= 15 is 0 Å². The summed E-state index contributed by atoms with van der Waals surface area (Å²) >= 11 is 0. The van der Waals surface area contributed by atoms with Gasteiger partial charge in [-0.1, -0.05) is 278 Å². The first-order chi connectivity index (χ1) is 30.4. The predicted molar refractivity (Wildman–Crippen MR) is 266 cm³/mol. The predicted octanol–water partition coefficient (Wildman–Crippen LogP) is 18.2. The molecule has 0 radical (unpaired) electrons. The highest BCUT2D eigenvalue weighted by molar-refractivity contribution is 5.71. The van der Waals surface area contributed by atoms with Gasteiger partial charge in [-0.2, -0.15) is 0 Å². The van der Waals surface area contributed by atoms with E-state index in [0.29, 0.717) is 19.3 Å². The summed E-state index contributed by atoms with van der Waals surface area (Å²) in [4.78, 5) is 38.0. The van der Waals surface area contributed by atoms with Crippen LogP contribution in [0.3, 0.4) is 0 Å². The van der Waals surface area contributed by atoms with Crippen LogP contribution in [-0.2, 0) is 28.6 Å². The van der Waals surface area contributed by atoms with Gasteiger partial charge in [0.05, 0.1) is 0 Å². The SMILES string of the molecule is CCCCCCCCCCCCCCCCCCCCCC(=O)OC[C@@H](COC(=O)CCCCCCCCCCCCCCCC)OC(=O)CCCCCCCCCCC(C)C. The van der Waals surface area contributed by atoms with Gasteiger partial charge in [-0.3, -0.25) is 14.4 Å². The molecule has 368 valence electrons. The Morgan fingerprint density at radius 1 is 0.306 bits per heavy atom. The smallest absolute Gasteiger partial charge is 0.306 e. The molecule has 6 nitrogen and oxygen atoms in total. The molecule has 0 aromatic rings. The van der Waals surface area contributed by atoms with Crippen LogP contribution in [0.15, 0.2) is 0 Å². The van der Waals surface area contributed by atoms with Crippen LogP contribution in [-0.4, -0.2) is 37.2 Å². The Balaban J connectivity index is 4.23. The Morgan fingerprint density at radius 2 is 0.532 bits per heavy atom. The highest BCUT2D eigenvalue weighted by Gasteiger charge is 2.19. The van der Waals surface area contributed by atoms with Gasteiger partial charge in [0.2, 0.25) is 0 Å². The van der Waals surface area contributed by atoms with Gasteiger partial charge in [-0.25, -0.2) is 0 Å². The number of hydrogen-bond donors (Lipinski definition) is 0. The molecule has 0 spiro atoms. The number of carbonyl (C=O) groups excluding carboxylic acids is 3. The van der Waals surface area contributed by atoms with E-state index in [1.807, 2.05) is 0 Å². The largest absolute Gasteiger partial charge is 0.462 e. The number of hydrogen-bond acceptors (Lipinski definition) is 6. The van der Waals surface area contributed by atoms with Gasteiger partial charge < -0.3 is 14.2 Å². The van der Waals surface area contributed by atoms with Crippen molar-refractivity contribution in [1.82, 2.24) is 0 Å². The van der Waals surface area contributed by atoms with Crippen molar-refractivity contribution in [1.29, 1.82) is 0 Å². The van der Waals surface area contributed by atoms with Crippen molar-refractivity contribution < 1.29 is 28.6 Å². The van der Waals surface area contributed by atoms with Gasteiger partial charge in [0.1, 0.15) is 13.2 Å². The van der Waals surface area contributed by atoms with E-state index in [0.717, 1.165) is 63.7 Å². The Hall–Kier alpha value is -1.59. The van der Waals surface area contributed by atoms with Gasteiger partial charge in [0.25, 0.3) is 0 Å². The van der Waals surface area contributed by atoms with Crippen LogP contribution in [0.1, 0.15) is 317 Å². The van der Waals surface area contributed by atoms with Crippen molar-refractivity contribution in [3.63, 3.8) is 0 Å². The average molecular weight is 877 g/mol. The van der Waals surface area contributed by atoms with Crippen LogP contribution in [0, 0.1) is 5.92 Å². The molecule has 0 N–H and O–H groups in total. The van der Waals surface area contributed by atoms with Crippen LogP contribution in [0.4, 0.5) is 0 Å². The van der Waals surface area contributed by atoms with Crippen molar-refractivity contribution in [3.8, 4) is 0 Å². The summed E-state index contributed by atoms with van der Waals surface area (Å²) in [6.45, 7) is 9.01. The Morgan fingerprint density at radius 3 is 0.790 bits per heavy atom. The van der Waals surface area contributed by atoms with E-state index in [-0.39, 0.29) is 31.1 Å². The lowest BCUT2D eigenvalue weighted by molar-refractivity contribution is -0.167. The highest BCUT2D eigenvalue weighted by Crippen LogP contribution is 2.18. The fraction of sp³-hybridized carbons (Fsp3) is 0.946. The maximum atomic E-state index is 12.8. The summed E-state index contributed by atoms with van der Waals surface area (Å²) < 4.78 is 16.8. The Bertz CT molecular complexity index is 933. The first-order valence-electron chi connectivity index (χ1n) is 27.9. The second-order valence-electron chi connectivity index (χ2n) is 19.7. The minimum Gasteiger partial charge on any atom is -0.462 e. The summed E-state index contributed by atoms with van der Waals surface area (Å²) in [5, 5.41) is 0. The average Bonchev–Trinajstić information content (AvgIpc) is 3.26. The fourth-order valence-corrected chi connectivity index (χ4v) is 8.57. The molecule has 0 aromatic heterocycles. The zero-order chi connectivity index (χ0) is 45.2. The second kappa shape index (κ2) is 50.4. The van der Waals surface area contributed by atoms with Gasteiger partial charge in [0, 0.05) is 19.3 Å². The third kappa shape index (κ3) is 49.4. The monoisotopic (exact) mass is 877 g/mol. The molecule has 0 saturated heterocycles. The zero-order valence-corrected chi connectivity index (χ0v) is 42.3. The molecule has 0 aromatic carbocycles. The summed E-state index contributed by atoms with van der Waals surface area (Å²) in [6.07, 6.45) is 53.9. The van der Waals surface area contributed by atoms with Gasteiger partial charge in [-0.05, 0) is 25.2 Å². The lowest BCUT2D eigenvalue weighted by Crippen LogP contribution is -2.30. The van der Waals surface area contributed by atoms with E-state index in [2.05, 4.69) is 27.7 Å². The summed E-state index contributed by atoms with van der Waals surface area (Å²) in [7, 11) is 0. The second-order valence-corrected chi connectivity index (χ2v) is 19.7. The van der Waals surface area contributed by atoms with E-state index < -0.39 is 6.10 Å². The van der Waals surface area contributed by atoms with Crippen molar-refractivity contribution in [2.24, 2.45) is 5.92 Å². The minimum atomic E-state index is -0.761. The number of unbranched alkanes of at least 4 members (excludes halogenated alkanes) is 38. The molecule has 0 aliphatic carbocycles. The van der Waals surface area contributed by atoms with Crippen molar-refractivity contribution in [2.75, 3.05) is 13.2 Å². The molecule has 1 atom stereocenters. The molecule has 0 amide bonds. The Kier molecular flexibility index (Phi) is 49.1. The van der Waals surface area contributed by atoms with Crippen LogP contribution < -0.4 is 0 Å². The molecule has 0 aliphatic rings. The number of esters is 3. The highest BCUT2D eigenvalue weighted by atomic mass is 16.6. The molecular weight excluding hydrogens is 769 g/mol. The first kappa shape index (κ1) is 60.4. The summed E-state index contributed by atoms with van der Waals surface area (Å²) in [5.41, 5.74) is 0. The van der Waals surface area contributed by atoms with Crippen LogP contribution in [0.5, 0.6) is 0 Å². The van der Waals surface area contributed by atoms with Gasteiger partial charge >= 0.3 is 17.9 Å². The molecular formula is C56H108O6. The molecule has 6 heteroatoms. The van der Waals surface area contributed by atoms with Crippen LogP contribution in [0.25, 0.3) is 0 Å². The summed E-state index contributed by atoms with van der Waals surface area (Å²) in [5.74, 6) is -0.0485. The van der Waals surface area contributed by atoms with E-state index in [4.69, 9.17) is 14.2 Å². The number of carbonyl (C=O) groups is 3. The normalized spacial score (nSPS) is 12.0. The molecule has 0 heterocycles. The topological polar surface area (TPSA) is 78.9 Å². The molecule has 0 fully saturated rings. The van der Waals surface area contributed by atoms with Crippen molar-refractivity contribution in [3.05, 3.63) is 0 Å². The first-order valence-corrected chi connectivity index (χ1v) is 27.9. The molecule has 62 heavy (non-hydrogen) atoms. The molecule has 0 unspecified atom stereocenters. The van der Waals surface area contributed by atoms with Gasteiger partial charge in [0.15, 0.2) is 6.10 Å². The van der Waals surface area contributed by atoms with Crippen LogP contribution >= 0.6 is 0 Å². The fourth-order valence-electron chi connectivity index (χ4n) is 8.57. The third-order valence-corrected chi connectivity index (χ3v) is 12.8. The van der Waals surface area contributed by atoms with Crippen molar-refractivity contribution in [2.45, 2.75) is 323 Å². The minimum absolute atomic E-state index is 0.0629.